The Balaban J connectivity index is 2.87. The third-order valence-corrected chi connectivity index (χ3v) is 3.06. The number of carbonyl (C=O) groups is 1. The maximum atomic E-state index is 10.7. The fraction of sp³-hybridized carbons (Fsp3) is 0.375. The molecule has 1 aromatic rings. The minimum absolute atomic E-state index is 0.356. The predicted octanol–water partition coefficient (Wildman–Crippen LogP) is 2.15. The Bertz CT molecular complexity index is 280. The second-order valence-corrected chi connectivity index (χ2v) is 4.21. The van der Waals surface area contributed by atoms with E-state index in [0.29, 0.717) is 5.75 Å². The van der Waals surface area contributed by atoms with Crippen molar-refractivity contribution in [2.24, 2.45) is 0 Å². The summed E-state index contributed by atoms with van der Waals surface area (Å²) in [7, 11) is 0. The Morgan fingerprint density at radius 1 is 1.75 bits per heavy atom. The Labute approximate surface area is 80.6 Å². The number of aryl methyl sites for hydroxylation is 1. The van der Waals surface area contributed by atoms with Crippen LogP contribution in [0.2, 0.25) is 0 Å². The molecular formula is C8H10O2S2. The van der Waals surface area contributed by atoms with Gasteiger partial charge in [-0.05, 0) is 19.1 Å². The lowest BCUT2D eigenvalue weighted by atomic mass is 10.1. The number of carboxylic acids is 1. The van der Waals surface area contributed by atoms with Crippen molar-refractivity contribution < 1.29 is 9.90 Å². The van der Waals surface area contributed by atoms with Crippen LogP contribution in [-0.2, 0) is 4.79 Å². The van der Waals surface area contributed by atoms with Crippen LogP contribution >= 0.6 is 24.0 Å². The van der Waals surface area contributed by atoms with Crippen molar-refractivity contribution in [3.63, 3.8) is 0 Å². The molecule has 0 spiro atoms. The molecule has 0 aromatic carbocycles. The zero-order valence-corrected chi connectivity index (χ0v) is 8.36. The van der Waals surface area contributed by atoms with Crippen LogP contribution in [0.5, 0.6) is 0 Å². The highest BCUT2D eigenvalue weighted by atomic mass is 32.1. The molecule has 0 radical (unpaired) electrons. The number of hydrogen-bond acceptors (Lipinski definition) is 3. The fourth-order valence-corrected chi connectivity index (χ4v) is 2.38. The van der Waals surface area contributed by atoms with Gasteiger partial charge in [0.1, 0.15) is 0 Å². The Morgan fingerprint density at radius 3 is 2.75 bits per heavy atom. The molecule has 0 bridgehead atoms. The van der Waals surface area contributed by atoms with Gasteiger partial charge in [-0.1, -0.05) is 0 Å². The van der Waals surface area contributed by atoms with Crippen LogP contribution in [0.25, 0.3) is 0 Å². The summed E-state index contributed by atoms with van der Waals surface area (Å²) in [6.45, 7) is 1.96. The molecule has 0 fully saturated rings. The van der Waals surface area contributed by atoms with Crippen molar-refractivity contribution >= 4 is 29.9 Å². The van der Waals surface area contributed by atoms with Gasteiger partial charge in [0.05, 0.1) is 5.92 Å². The van der Waals surface area contributed by atoms with Gasteiger partial charge in [-0.25, -0.2) is 0 Å². The van der Waals surface area contributed by atoms with E-state index in [1.165, 1.54) is 11.3 Å². The first-order valence-electron chi connectivity index (χ1n) is 3.55. The maximum absolute atomic E-state index is 10.7. The van der Waals surface area contributed by atoms with E-state index >= 15 is 0 Å². The molecular weight excluding hydrogens is 192 g/mol. The standard InChI is InChI=1S/C8H10O2S2/c1-5-2-3-7(12-5)6(4-11)8(9)10/h2-3,6,11H,4H2,1H3,(H,9,10). The van der Waals surface area contributed by atoms with Gasteiger partial charge in [0.2, 0.25) is 0 Å². The van der Waals surface area contributed by atoms with E-state index in [1.807, 2.05) is 19.1 Å². The number of hydrogen-bond donors (Lipinski definition) is 2. The van der Waals surface area contributed by atoms with Gasteiger partial charge >= 0.3 is 5.97 Å². The van der Waals surface area contributed by atoms with Crippen molar-refractivity contribution in [3.8, 4) is 0 Å². The normalized spacial score (nSPS) is 12.8. The lowest BCUT2D eigenvalue weighted by molar-refractivity contribution is -0.138. The zero-order valence-electron chi connectivity index (χ0n) is 6.65. The van der Waals surface area contributed by atoms with Gasteiger partial charge in [-0.2, -0.15) is 12.6 Å². The lowest BCUT2D eigenvalue weighted by Crippen LogP contribution is -2.11. The molecule has 0 saturated carbocycles. The molecule has 0 saturated heterocycles. The summed E-state index contributed by atoms with van der Waals surface area (Å²) in [5, 5.41) is 8.79. The van der Waals surface area contributed by atoms with E-state index < -0.39 is 11.9 Å². The number of rotatable bonds is 3. The summed E-state index contributed by atoms with van der Waals surface area (Å²) in [6.07, 6.45) is 0. The monoisotopic (exact) mass is 202 g/mol. The Kier molecular flexibility index (Phi) is 3.17. The molecule has 2 nitrogen and oxygen atoms in total. The summed E-state index contributed by atoms with van der Waals surface area (Å²) >= 11 is 5.52. The van der Waals surface area contributed by atoms with E-state index in [-0.39, 0.29) is 0 Å². The molecule has 4 heteroatoms. The van der Waals surface area contributed by atoms with Crippen molar-refractivity contribution in [2.75, 3.05) is 5.75 Å². The van der Waals surface area contributed by atoms with Crippen LogP contribution in [-0.4, -0.2) is 16.8 Å². The van der Waals surface area contributed by atoms with E-state index in [4.69, 9.17) is 5.11 Å². The quantitative estimate of drug-likeness (QED) is 0.737. The summed E-state index contributed by atoms with van der Waals surface area (Å²) in [5.74, 6) is -0.895. The predicted molar refractivity (Wildman–Crippen MR) is 53.3 cm³/mol. The summed E-state index contributed by atoms with van der Waals surface area (Å²) < 4.78 is 0. The maximum Gasteiger partial charge on any atom is 0.312 e. The molecule has 12 heavy (non-hydrogen) atoms. The number of carboxylic acid groups (broad SMARTS) is 1. The van der Waals surface area contributed by atoms with Gasteiger partial charge in [0, 0.05) is 15.5 Å². The average Bonchev–Trinajstić information content (AvgIpc) is 2.37. The lowest BCUT2D eigenvalue weighted by Gasteiger charge is -2.04. The summed E-state index contributed by atoms with van der Waals surface area (Å²) in [6, 6.07) is 3.79. The molecule has 0 aliphatic rings. The first-order valence-corrected chi connectivity index (χ1v) is 5.00. The van der Waals surface area contributed by atoms with Crippen LogP contribution in [0.4, 0.5) is 0 Å². The summed E-state index contributed by atoms with van der Waals surface area (Å²) in [5.41, 5.74) is 0. The molecule has 1 unspecified atom stereocenters. The summed E-state index contributed by atoms with van der Waals surface area (Å²) in [4.78, 5) is 12.7. The Morgan fingerprint density at radius 2 is 2.42 bits per heavy atom. The van der Waals surface area contributed by atoms with Gasteiger partial charge in [0.25, 0.3) is 0 Å². The molecule has 1 N–H and O–H groups in total. The van der Waals surface area contributed by atoms with Crippen molar-refractivity contribution in [1.29, 1.82) is 0 Å². The molecule has 0 amide bonds. The van der Waals surface area contributed by atoms with Gasteiger partial charge in [-0.3, -0.25) is 4.79 Å². The minimum atomic E-state index is -0.799. The van der Waals surface area contributed by atoms with E-state index in [9.17, 15) is 4.79 Å². The van der Waals surface area contributed by atoms with Crippen LogP contribution in [0.3, 0.4) is 0 Å². The number of thiol groups is 1. The van der Waals surface area contributed by atoms with Crippen LogP contribution in [0.1, 0.15) is 15.7 Å². The highest BCUT2D eigenvalue weighted by molar-refractivity contribution is 7.80. The SMILES string of the molecule is Cc1ccc(C(CS)C(=O)O)s1. The molecule has 66 valence electrons. The minimum Gasteiger partial charge on any atom is -0.481 e. The van der Waals surface area contributed by atoms with Crippen LogP contribution < -0.4 is 0 Å². The molecule has 1 rings (SSSR count). The number of thiophene rings is 1. The van der Waals surface area contributed by atoms with Gasteiger partial charge < -0.3 is 5.11 Å². The highest BCUT2D eigenvalue weighted by Gasteiger charge is 2.19. The van der Waals surface area contributed by atoms with Crippen molar-refractivity contribution in [1.82, 2.24) is 0 Å². The van der Waals surface area contributed by atoms with E-state index in [0.717, 1.165) is 9.75 Å². The van der Waals surface area contributed by atoms with E-state index in [1.54, 1.807) is 0 Å². The van der Waals surface area contributed by atoms with Gasteiger partial charge in [0.15, 0.2) is 0 Å². The number of aliphatic carboxylic acids is 1. The second-order valence-electron chi connectivity index (χ2n) is 2.52. The Hall–Kier alpha value is -0.480. The highest BCUT2D eigenvalue weighted by Crippen LogP contribution is 2.25. The zero-order chi connectivity index (χ0) is 9.14. The van der Waals surface area contributed by atoms with E-state index in [2.05, 4.69) is 12.6 Å². The molecule has 1 heterocycles. The molecule has 0 aliphatic carbocycles. The smallest absolute Gasteiger partial charge is 0.312 e. The molecule has 0 aliphatic heterocycles. The topological polar surface area (TPSA) is 37.3 Å². The largest absolute Gasteiger partial charge is 0.481 e. The van der Waals surface area contributed by atoms with Gasteiger partial charge in [-0.15, -0.1) is 11.3 Å². The van der Waals surface area contributed by atoms with Crippen LogP contribution in [0.15, 0.2) is 12.1 Å². The van der Waals surface area contributed by atoms with Crippen molar-refractivity contribution in [3.05, 3.63) is 21.9 Å². The molecule has 1 aromatic heterocycles. The molecule has 1 atom stereocenters. The van der Waals surface area contributed by atoms with Crippen LogP contribution in [0, 0.1) is 6.92 Å². The average molecular weight is 202 g/mol. The van der Waals surface area contributed by atoms with Crippen molar-refractivity contribution in [2.45, 2.75) is 12.8 Å². The third kappa shape index (κ3) is 2.01. The first kappa shape index (κ1) is 9.61. The second kappa shape index (κ2) is 3.96. The fourth-order valence-electron chi connectivity index (χ4n) is 0.930. The third-order valence-electron chi connectivity index (χ3n) is 1.59. The first-order chi connectivity index (χ1) is 5.65.